The fraction of sp³-hybridized carbons (Fsp3) is 0.333. The van der Waals surface area contributed by atoms with E-state index in [0.717, 1.165) is 30.9 Å². The molecule has 0 aliphatic carbocycles. The average molecular weight is 321 g/mol. The molecule has 0 saturated carbocycles. The Labute approximate surface area is 134 Å². The molecule has 21 heavy (non-hydrogen) atoms. The third-order valence-electron chi connectivity index (χ3n) is 2.85. The molecule has 112 valence electrons. The van der Waals surface area contributed by atoms with Gasteiger partial charge in [0.05, 0.1) is 0 Å². The van der Waals surface area contributed by atoms with E-state index in [2.05, 4.69) is 27.0 Å². The molecule has 0 unspecified atom stereocenters. The van der Waals surface area contributed by atoms with Crippen molar-refractivity contribution < 1.29 is 4.74 Å². The van der Waals surface area contributed by atoms with Crippen LogP contribution in [0, 0.1) is 0 Å². The van der Waals surface area contributed by atoms with E-state index in [9.17, 15) is 0 Å². The van der Waals surface area contributed by atoms with E-state index in [-0.39, 0.29) is 0 Å². The molecule has 0 amide bonds. The largest absolute Gasteiger partial charge is 0.385 e. The molecule has 0 saturated heterocycles. The maximum Gasteiger partial charge on any atom is 0.195 e. The van der Waals surface area contributed by atoms with Crippen molar-refractivity contribution in [3.05, 3.63) is 52.3 Å². The van der Waals surface area contributed by atoms with Crippen LogP contribution in [0.15, 0.2) is 46.9 Å². The second kappa shape index (κ2) is 8.71. The van der Waals surface area contributed by atoms with Crippen molar-refractivity contribution in [2.24, 2.45) is 4.99 Å². The number of aromatic nitrogens is 1. The Bertz CT molecular complexity index is 619. The minimum atomic E-state index is 0.523. The van der Waals surface area contributed by atoms with Gasteiger partial charge in [0.15, 0.2) is 9.91 Å². The van der Waals surface area contributed by atoms with Crippen LogP contribution in [0.2, 0.25) is 0 Å². The normalized spacial score (nSPS) is 11.6. The molecule has 0 aliphatic rings. The summed E-state index contributed by atoms with van der Waals surface area (Å²) in [5, 5.41) is 5.67. The van der Waals surface area contributed by atoms with Gasteiger partial charge in [-0.1, -0.05) is 30.3 Å². The van der Waals surface area contributed by atoms with Crippen LogP contribution in [-0.2, 0) is 11.3 Å². The van der Waals surface area contributed by atoms with Crippen LogP contribution in [0.3, 0.4) is 0 Å². The van der Waals surface area contributed by atoms with E-state index >= 15 is 0 Å². The number of methoxy groups -OCH3 is 1. The maximum atomic E-state index is 5.25. The highest BCUT2D eigenvalue weighted by Gasteiger charge is 1.99. The smallest absolute Gasteiger partial charge is 0.195 e. The third-order valence-corrected chi connectivity index (χ3v) is 3.88. The van der Waals surface area contributed by atoms with Gasteiger partial charge < -0.3 is 14.6 Å². The molecule has 0 spiro atoms. The lowest BCUT2D eigenvalue weighted by atomic mass is 10.2. The van der Waals surface area contributed by atoms with Gasteiger partial charge >= 0.3 is 0 Å². The quantitative estimate of drug-likeness (QED) is 0.656. The zero-order valence-electron chi connectivity index (χ0n) is 12.0. The van der Waals surface area contributed by atoms with Crippen LogP contribution in [-0.4, -0.2) is 29.9 Å². The molecule has 1 aromatic heterocycles. The van der Waals surface area contributed by atoms with Crippen LogP contribution in [0.1, 0.15) is 12.0 Å². The van der Waals surface area contributed by atoms with E-state index < -0.39 is 0 Å². The highest BCUT2D eigenvalue weighted by Crippen LogP contribution is 2.01. The van der Waals surface area contributed by atoms with Gasteiger partial charge in [-0.05, 0) is 24.2 Å². The van der Waals surface area contributed by atoms with Gasteiger partial charge in [0, 0.05) is 38.4 Å². The summed E-state index contributed by atoms with van der Waals surface area (Å²) in [5.74, 6) is 0. The van der Waals surface area contributed by atoms with E-state index in [0.29, 0.717) is 5.11 Å². The number of benzene rings is 1. The Balaban J connectivity index is 1.99. The molecule has 0 atom stereocenters. The summed E-state index contributed by atoms with van der Waals surface area (Å²) in [4.78, 5) is 5.38. The first-order valence-electron chi connectivity index (χ1n) is 6.79. The number of nitrogens with zero attached hydrogens (tertiary/aromatic N) is 2. The fourth-order valence-corrected chi connectivity index (χ4v) is 2.81. The summed E-state index contributed by atoms with van der Waals surface area (Å²) >= 11 is 6.84. The molecule has 0 fully saturated rings. The Morgan fingerprint density at radius 3 is 2.95 bits per heavy atom. The molecule has 2 rings (SSSR count). The van der Waals surface area contributed by atoms with Crippen LogP contribution >= 0.6 is 23.6 Å². The molecule has 0 bridgehead atoms. The monoisotopic (exact) mass is 321 g/mol. The minimum Gasteiger partial charge on any atom is -0.385 e. The van der Waals surface area contributed by atoms with E-state index in [1.807, 2.05) is 29.8 Å². The summed E-state index contributed by atoms with van der Waals surface area (Å²) < 4.78 is 7.10. The first kappa shape index (κ1) is 15.9. The minimum absolute atomic E-state index is 0.523. The predicted octanol–water partition coefficient (Wildman–Crippen LogP) is 2.41. The van der Waals surface area contributed by atoms with Crippen LogP contribution in [0.25, 0.3) is 0 Å². The average Bonchev–Trinajstić information content (AvgIpc) is 2.92. The van der Waals surface area contributed by atoms with Crippen molar-refractivity contribution >= 4 is 28.7 Å². The van der Waals surface area contributed by atoms with Gasteiger partial charge in [-0.3, -0.25) is 0 Å². The van der Waals surface area contributed by atoms with Gasteiger partial charge in [0.1, 0.15) is 0 Å². The summed E-state index contributed by atoms with van der Waals surface area (Å²) in [6.45, 7) is 2.30. The number of thiazole rings is 1. The lowest BCUT2D eigenvalue weighted by Gasteiger charge is -2.04. The van der Waals surface area contributed by atoms with Gasteiger partial charge in [-0.15, -0.1) is 11.3 Å². The van der Waals surface area contributed by atoms with Crippen LogP contribution < -0.4 is 10.1 Å². The Morgan fingerprint density at radius 1 is 1.38 bits per heavy atom. The summed E-state index contributed by atoms with van der Waals surface area (Å²) in [6.07, 6.45) is 2.95. The van der Waals surface area contributed by atoms with Crippen LogP contribution in [0.4, 0.5) is 0 Å². The fourth-order valence-electron chi connectivity index (χ4n) is 1.83. The highest BCUT2D eigenvalue weighted by atomic mass is 32.1. The lowest BCUT2D eigenvalue weighted by Crippen LogP contribution is -2.25. The van der Waals surface area contributed by atoms with Crippen molar-refractivity contribution in [3.63, 3.8) is 0 Å². The number of thiocarbonyl (C=S) groups is 1. The van der Waals surface area contributed by atoms with Crippen molar-refractivity contribution in [1.29, 1.82) is 0 Å². The first-order valence-corrected chi connectivity index (χ1v) is 8.08. The zero-order chi connectivity index (χ0) is 14.9. The number of ether oxygens (including phenoxy) is 1. The molecular weight excluding hydrogens is 302 g/mol. The van der Waals surface area contributed by atoms with Gasteiger partial charge in [-0.2, -0.15) is 4.99 Å². The maximum absolute atomic E-state index is 5.25. The molecule has 2 aromatic rings. The van der Waals surface area contributed by atoms with Gasteiger partial charge in [0.2, 0.25) is 0 Å². The van der Waals surface area contributed by atoms with E-state index in [1.165, 1.54) is 5.56 Å². The molecular formula is C15H19N3OS2. The van der Waals surface area contributed by atoms with Crippen LogP contribution in [0.5, 0.6) is 0 Å². The molecule has 4 nitrogen and oxygen atoms in total. The Kier molecular flexibility index (Phi) is 6.59. The molecule has 1 N–H and O–H groups in total. The number of hydrogen-bond acceptors (Lipinski definition) is 3. The second-order valence-corrected chi connectivity index (χ2v) is 5.75. The highest BCUT2D eigenvalue weighted by molar-refractivity contribution is 7.80. The number of rotatable bonds is 6. The van der Waals surface area contributed by atoms with Crippen molar-refractivity contribution in [3.8, 4) is 0 Å². The Morgan fingerprint density at radius 2 is 2.19 bits per heavy atom. The first-order chi connectivity index (χ1) is 10.3. The molecule has 1 aromatic carbocycles. The second-order valence-electron chi connectivity index (χ2n) is 4.49. The van der Waals surface area contributed by atoms with E-state index in [4.69, 9.17) is 17.0 Å². The Hall–Kier alpha value is -1.50. The number of nitrogens with one attached hydrogen (secondary N) is 1. The van der Waals surface area contributed by atoms with Gasteiger partial charge in [0.25, 0.3) is 0 Å². The molecule has 1 heterocycles. The molecule has 0 radical (unpaired) electrons. The topological polar surface area (TPSA) is 38.5 Å². The van der Waals surface area contributed by atoms with E-state index in [1.54, 1.807) is 18.4 Å². The SMILES string of the molecule is COCCCNC(=S)/N=c1\sccn1Cc1ccccc1. The lowest BCUT2D eigenvalue weighted by molar-refractivity contribution is 0.195. The summed E-state index contributed by atoms with van der Waals surface area (Å²) in [6, 6.07) is 10.3. The zero-order valence-corrected chi connectivity index (χ0v) is 13.6. The van der Waals surface area contributed by atoms with Crippen molar-refractivity contribution in [2.45, 2.75) is 13.0 Å². The predicted molar refractivity (Wildman–Crippen MR) is 90.5 cm³/mol. The summed E-state index contributed by atoms with van der Waals surface area (Å²) in [5.41, 5.74) is 1.25. The van der Waals surface area contributed by atoms with Crippen molar-refractivity contribution in [1.82, 2.24) is 9.88 Å². The summed E-state index contributed by atoms with van der Waals surface area (Å²) in [7, 11) is 1.70. The van der Waals surface area contributed by atoms with Crippen molar-refractivity contribution in [2.75, 3.05) is 20.3 Å². The number of hydrogen-bond donors (Lipinski definition) is 1. The standard InChI is InChI=1S/C15H19N3OS2/c1-19-10-5-8-16-14(20)17-15-18(9-11-21-15)12-13-6-3-2-4-7-13/h2-4,6-7,9,11H,5,8,10,12H2,1H3,(H,16,20)/b17-15-. The van der Waals surface area contributed by atoms with Gasteiger partial charge in [-0.25, -0.2) is 0 Å². The molecule has 0 aliphatic heterocycles. The molecule has 6 heteroatoms. The third kappa shape index (κ3) is 5.41.